The van der Waals surface area contributed by atoms with Crippen molar-refractivity contribution in [2.24, 2.45) is 5.41 Å². The molecule has 0 aromatic carbocycles. The van der Waals surface area contributed by atoms with Crippen molar-refractivity contribution >= 4 is 25.6 Å². The summed E-state index contributed by atoms with van der Waals surface area (Å²) in [4.78, 5) is 11.8. The van der Waals surface area contributed by atoms with Crippen LogP contribution in [0.2, 0.25) is 0 Å². The molecule has 1 N–H and O–H groups in total. The summed E-state index contributed by atoms with van der Waals surface area (Å²) in [7, 11) is -13.2. The van der Waals surface area contributed by atoms with E-state index in [1.165, 1.54) is 0 Å². The number of nitrogens with one attached hydrogen (secondary N) is 1. The highest BCUT2D eigenvalue weighted by Crippen LogP contribution is 2.38. The number of carbonyl (C=O) groups is 1. The zero-order valence-corrected chi connectivity index (χ0v) is 16.4. The van der Waals surface area contributed by atoms with Crippen LogP contribution in [-0.2, 0) is 24.5 Å². The molecule has 6 nitrogen and oxygen atoms in total. The van der Waals surface area contributed by atoms with E-state index in [0.717, 1.165) is 0 Å². The van der Waals surface area contributed by atoms with Crippen molar-refractivity contribution in [2.45, 2.75) is 62.1 Å². The topological polar surface area (TPSA) is 97.4 Å². The number of hydrogen-bond acceptors (Lipinski definition) is 5. The molecule has 0 aliphatic heterocycles. The Morgan fingerprint density at radius 2 is 1.30 bits per heavy atom. The van der Waals surface area contributed by atoms with E-state index in [2.05, 4.69) is 5.32 Å². The van der Waals surface area contributed by atoms with E-state index in [1.54, 1.807) is 20.8 Å². The molecule has 0 heterocycles. The van der Waals surface area contributed by atoms with Gasteiger partial charge in [0.15, 0.2) is 4.58 Å². The Labute approximate surface area is 153 Å². The average Bonchev–Trinajstić information content (AvgIpc) is 2.47. The third kappa shape index (κ3) is 6.22. The molecule has 14 heteroatoms. The fraction of sp³-hybridized carbons (Fsp3) is 0.923. The molecular weight excluding hydrogens is 428 g/mol. The van der Waals surface area contributed by atoms with E-state index in [0.29, 0.717) is 6.42 Å². The summed E-state index contributed by atoms with van der Waals surface area (Å²) in [6.07, 6.45) is -1.74. The Morgan fingerprint density at radius 3 is 1.63 bits per heavy atom. The number of sulfone groups is 2. The Bertz CT molecular complexity index is 681. The highest BCUT2D eigenvalue weighted by atomic mass is 32.3. The van der Waals surface area contributed by atoms with Gasteiger partial charge in [0.05, 0.1) is 0 Å². The fourth-order valence-electron chi connectivity index (χ4n) is 1.81. The molecule has 0 aromatic heterocycles. The number of hydrogen-bond donors (Lipinski definition) is 1. The molecule has 0 atom stereocenters. The minimum absolute atomic E-state index is 0.160. The van der Waals surface area contributed by atoms with Gasteiger partial charge in [0.25, 0.3) is 19.7 Å². The van der Waals surface area contributed by atoms with Crippen LogP contribution in [0.25, 0.3) is 0 Å². The van der Waals surface area contributed by atoms with Crippen LogP contribution in [0.4, 0.5) is 26.3 Å². The van der Waals surface area contributed by atoms with Gasteiger partial charge in [0, 0.05) is 12.0 Å². The standard InChI is InChI=1S/C13H21F6NO5S2/c1-4-11(2,3)10(21)20-8-6-5-7-9(26(22,23)12(14,15)16)27(24,25)13(17,18)19/h9H,4-8H2,1-3H3,(H,20,21). The quantitative estimate of drug-likeness (QED) is 0.431. The first-order chi connectivity index (χ1) is 11.8. The van der Waals surface area contributed by atoms with Crippen LogP contribution in [-0.4, -0.2) is 44.9 Å². The van der Waals surface area contributed by atoms with Crippen molar-refractivity contribution in [2.75, 3.05) is 6.54 Å². The summed E-state index contributed by atoms with van der Waals surface area (Å²) in [5, 5.41) is 2.40. The highest BCUT2D eigenvalue weighted by molar-refractivity contribution is 8.09. The first-order valence-corrected chi connectivity index (χ1v) is 10.8. The predicted octanol–water partition coefficient (Wildman–Crippen LogP) is 2.90. The van der Waals surface area contributed by atoms with Gasteiger partial charge in [-0.2, -0.15) is 26.3 Å². The third-order valence-corrected chi connectivity index (χ3v) is 8.65. The molecule has 162 valence electrons. The molecule has 1 amide bonds. The van der Waals surface area contributed by atoms with Crippen molar-refractivity contribution in [1.82, 2.24) is 5.32 Å². The number of halogens is 6. The van der Waals surface area contributed by atoms with Gasteiger partial charge >= 0.3 is 11.0 Å². The minimum atomic E-state index is -6.61. The lowest BCUT2D eigenvalue weighted by molar-refractivity contribution is -0.129. The van der Waals surface area contributed by atoms with Crippen molar-refractivity contribution in [1.29, 1.82) is 0 Å². The van der Waals surface area contributed by atoms with Gasteiger partial charge < -0.3 is 5.32 Å². The minimum Gasteiger partial charge on any atom is -0.356 e. The van der Waals surface area contributed by atoms with Crippen molar-refractivity contribution < 1.29 is 48.0 Å². The van der Waals surface area contributed by atoms with E-state index in [4.69, 9.17) is 0 Å². The Hall–Kier alpha value is -1.05. The molecule has 0 bridgehead atoms. The SMILES string of the molecule is CCC(C)(C)C(=O)NCCCCC(S(=O)(=O)C(F)(F)F)S(=O)(=O)C(F)(F)F. The third-order valence-electron chi connectivity index (χ3n) is 3.99. The molecule has 0 saturated heterocycles. The maximum Gasteiger partial charge on any atom is 0.498 e. The maximum absolute atomic E-state index is 12.6. The van der Waals surface area contributed by atoms with Crippen LogP contribution in [0.5, 0.6) is 0 Å². The number of carbonyl (C=O) groups excluding carboxylic acids is 1. The molecule has 0 rings (SSSR count). The van der Waals surface area contributed by atoms with Gasteiger partial charge in [-0.1, -0.05) is 20.8 Å². The Balaban J connectivity index is 5.22. The maximum atomic E-state index is 12.6. The largest absolute Gasteiger partial charge is 0.498 e. The van der Waals surface area contributed by atoms with Gasteiger partial charge in [-0.15, -0.1) is 0 Å². The first kappa shape index (κ1) is 26.0. The second-order valence-corrected chi connectivity index (χ2v) is 10.9. The Morgan fingerprint density at radius 1 is 0.889 bits per heavy atom. The summed E-state index contributed by atoms with van der Waals surface area (Å²) in [5.41, 5.74) is -13.1. The number of alkyl halides is 6. The molecular formula is C13H21F6NO5S2. The lowest BCUT2D eigenvalue weighted by atomic mass is 9.89. The van der Waals surface area contributed by atoms with Crippen LogP contribution >= 0.6 is 0 Å². The summed E-state index contributed by atoms with van der Waals surface area (Å²) in [5.74, 6) is -0.410. The molecule has 0 spiro atoms. The molecule has 0 aromatic rings. The zero-order chi connectivity index (χ0) is 21.9. The summed E-state index contributed by atoms with van der Waals surface area (Å²) < 4.78 is 117. The van der Waals surface area contributed by atoms with E-state index in [-0.39, 0.29) is 13.0 Å². The average molecular weight is 449 g/mol. The van der Waals surface area contributed by atoms with Crippen LogP contribution in [0.15, 0.2) is 0 Å². The van der Waals surface area contributed by atoms with Crippen LogP contribution in [0.1, 0.15) is 46.5 Å². The fourth-order valence-corrected chi connectivity index (χ4v) is 5.35. The summed E-state index contributed by atoms with van der Waals surface area (Å²) >= 11 is 0. The molecule has 0 saturated carbocycles. The van der Waals surface area contributed by atoms with Gasteiger partial charge in [0.2, 0.25) is 5.91 Å². The Kier molecular flexibility index (Phi) is 8.20. The van der Waals surface area contributed by atoms with E-state index < -0.39 is 59.4 Å². The second kappa shape index (κ2) is 8.53. The smallest absolute Gasteiger partial charge is 0.356 e. The van der Waals surface area contributed by atoms with Crippen LogP contribution in [0.3, 0.4) is 0 Å². The van der Waals surface area contributed by atoms with E-state index in [9.17, 15) is 48.0 Å². The van der Waals surface area contributed by atoms with Crippen LogP contribution in [0, 0.1) is 5.41 Å². The number of unbranched alkanes of at least 4 members (excludes halogenated alkanes) is 1. The zero-order valence-electron chi connectivity index (χ0n) is 14.7. The summed E-state index contributed by atoms with van der Waals surface area (Å²) in [6.45, 7) is 4.80. The van der Waals surface area contributed by atoms with Crippen molar-refractivity contribution in [3.63, 3.8) is 0 Å². The van der Waals surface area contributed by atoms with Gasteiger partial charge in [-0.25, -0.2) is 16.8 Å². The van der Waals surface area contributed by atoms with Crippen molar-refractivity contribution in [3.05, 3.63) is 0 Å². The second-order valence-electron chi connectivity index (χ2n) is 6.40. The molecule has 0 radical (unpaired) electrons. The van der Waals surface area contributed by atoms with Gasteiger partial charge in [0.1, 0.15) is 0 Å². The first-order valence-electron chi connectivity index (χ1n) is 7.71. The number of amides is 1. The highest BCUT2D eigenvalue weighted by Gasteiger charge is 2.62. The van der Waals surface area contributed by atoms with E-state index in [1.807, 2.05) is 0 Å². The molecule has 0 fully saturated rings. The lowest BCUT2D eigenvalue weighted by Crippen LogP contribution is -2.45. The molecule has 0 aliphatic rings. The molecule has 0 unspecified atom stereocenters. The monoisotopic (exact) mass is 449 g/mol. The van der Waals surface area contributed by atoms with E-state index >= 15 is 0 Å². The van der Waals surface area contributed by atoms with Gasteiger partial charge in [-0.05, 0) is 25.7 Å². The van der Waals surface area contributed by atoms with Crippen LogP contribution < -0.4 is 5.32 Å². The molecule has 27 heavy (non-hydrogen) atoms. The number of rotatable bonds is 9. The predicted molar refractivity (Wildman–Crippen MR) is 84.7 cm³/mol. The normalized spacial score (nSPS) is 14.4. The summed E-state index contributed by atoms with van der Waals surface area (Å²) in [6, 6.07) is 0. The lowest BCUT2D eigenvalue weighted by Gasteiger charge is -2.22. The van der Waals surface area contributed by atoms with Gasteiger partial charge in [-0.3, -0.25) is 4.79 Å². The molecule has 0 aliphatic carbocycles. The van der Waals surface area contributed by atoms with Crippen molar-refractivity contribution in [3.8, 4) is 0 Å².